The van der Waals surface area contributed by atoms with Gasteiger partial charge in [-0.3, -0.25) is 0 Å². The first-order chi connectivity index (χ1) is 7.99. The molecule has 5 nitrogen and oxygen atoms in total. The van der Waals surface area contributed by atoms with Crippen molar-refractivity contribution in [2.75, 3.05) is 20.3 Å². The highest BCUT2D eigenvalue weighted by Crippen LogP contribution is 2.11. The maximum absolute atomic E-state index is 12.0. The molecule has 0 saturated heterocycles. The quantitative estimate of drug-likeness (QED) is 0.766. The van der Waals surface area contributed by atoms with Gasteiger partial charge in [-0.15, -0.1) is 0 Å². The van der Waals surface area contributed by atoms with Gasteiger partial charge in [0.05, 0.1) is 17.5 Å². The Labute approximate surface area is 102 Å². The molecule has 1 atom stereocenters. The molecule has 1 aromatic rings. The molecule has 0 aliphatic rings. The fourth-order valence-electron chi connectivity index (χ4n) is 1.42. The molecule has 0 saturated carbocycles. The predicted molar refractivity (Wildman–Crippen MR) is 66.2 cm³/mol. The lowest BCUT2D eigenvalue weighted by Gasteiger charge is -2.16. The highest BCUT2D eigenvalue weighted by molar-refractivity contribution is 7.89. The van der Waals surface area contributed by atoms with Crippen LogP contribution in [0.25, 0.3) is 0 Å². The van der Waals surface area contributed by atoms with E-state index < -0.39 is 16.1 Å². The molecule has 17 heavy (non-hydrogen) atoms. The number of benzene rings is 1. The summed E-state index contributed by atoms with van der Waals surface area (Å²) in [6.45, 7) is 2.29. The summed E-state index contributed by atoms with van der Waals surface area (Å²) in [6, 6.07) is 6.30. The molecular weight excluding hydrogens is 240 g/mol. The van der Waals surface area contributed by atoms with E-state index in [0.717, 1.165) is 5.56 Å². The van der Waals surface area contributed by atoms with Crippen LogP contribution in [0.5, 0.6) is 0 Å². The highest BCUT2D eigenvalue weighted by Gasteiger charge is 2.18. The number of rotatable bonds is 6. The lowest BCUT2D eigenvalue weighted by molar-refractivity contribution is 0.177. The standard InChI is InChI=1S/C11H18N2O3S/c1-9-4-3-5-11(6-9)17(14,15)13-10(7-12)8-16-2/h3-6,10,13H,7-8,12H2,1-2H3. The molecule has 0 bridgehead atoms. The number of methoxy groups -OCH3 is 1. The molecule has 0 fully saturated rings. The number of hydrogen-bond acceptors (Lipinski definition) is 4. The van der Waals surface area contributed by atoms with Crippen LogP contribution in [0.3, 0.4) is 0 Å². The Kier molecular flexibility index (Phi) is 5.07. The van der Waals surface area contributed by atoms with Gasteiger partial charge in [-0.25, -0.2) is 13.1 Å². The molecule has 0 heterocycles. The summed E-state index contributed by atoms with van der Waals surface area (Å²) in [5.74, 6) is 0. The van der Waals surface area contributed by atoms with E-state index in [1.54, 1.807) is 18.2 Å². The molecular formula is C11H18N2O3S. The minimum atomic E-state index is -3.53. The van der Waals surface area contributed by atoms with Crippen molar-refractivity contribution < 1.29 is 13.2 Å². The average molecular weight is 258 g/mol. The molecule has 3 N–H and O–H groups in total. The van der Waals surface area contributed by atoms with Crippen LogP contribution < -0.4 is 10.5 Å². The van der Waals surface area contributed by atoms with Crippen molar-refractivity contribution in [3.8, 4) is 0 Å². The maximum Gasteiger partial charge on any atom is 0.240 e. The molecule has 6 heteroatoms. The van der Waals surface area contributed by atoms with Crippen LogP contribution in [0.1, 0.15) is 5.56 Å². The second-order valence-corrected chi connectivity index (χ2v) is 5.54. The minimum Gasteiger partial charge on any atom is -0.383 e. The molecule has 1 rings (SSSR count). The Bertz CT molecular complexity index is 460. The number of nitrogens with one attached hydrogen (secondary N) is 1. The van der Waals surface area contributed by atoms with Crippen molar-refractivity contribution in [2.45, 2.75) is 17.9 Å². The second kappa shape index (κ2) is 6.11. The van der Waals surface area contributed by atoms with E-state index in [-0.39, 0.29) is 18.0 Å². The van der Waals surface area contributed by atoms with Gasteiger partial charge in [0.15, 0.2) is 0 Å². The molecule has 0 aromatic heterocycles. The Morgan fingerprint density at radius 3 is 2.71 bits per heavy atom. The third-order valence-corrected chi connectivity index (χ3v) is 3.79. The Hall–Kier alpha value is -0.950. The van der Waals surface area contributed by atoms with Crippen molar-refractivity contribution in [1.29, 1.82) is 0 Å². The van der Waals surface area contributed by atoms with Crippen molar-refractivity contribution in [1.82, 2.24) is 4.72 Å². The lowest BCUT2D eigenvalue weighted by Crippen LogP contribution is -2.43. The highest BCUT2D eigenvalue weighted by atomic mass is 32.2. The first-order valence-electron chi connectivity index (χ1n) is 5.27. The number of ether oxygens (including phenoxy) is 1. The van der Waals surface area contributed by atoms with E-state index in [9.17, 15) is 8.42 Å². The molecule has 1 unspecified atom stereocenters. The molecule has 0 amide bonds. The van der Waals surface area contributed by atoms with Crippen molar-refractivity contribution in [3.63, 3.8) is 0 Å². The molecule has 0 aliphatic carbocycles. The van der Waals surface area contributed by atoms with Gasteiger partial charge in [-0.2, -0.15) is 0 Å². The zero-order chi connectivity index (χ0) is 12.9. The summed E-state index contributed by atoms with van der Waals surface area (Å²) in [5.41, 5.74) is 6.36. The van der Waals surface area contributed by atoms with Gasteiger partial charge < -0.3 is 10.5 Å². The summed E-state index contributed by atoms with van der Waals surface area (Å²) < 4.78 is 31.4. The van der Waals surface area contributed by atoms with E-state index in [4.69, 9.17) is 10.5 Å². The van der Waals surface area contributed by atoms with E-state index >= 15 is 0 Å². The van der Waals surface area contributed by atoms with Gasteiger partial charge in [0.1, 0.15) is 0 Å². The maximum atomic E-state index is 12.0. The first-order valence-corrected chi connectivity index (χ1v) is 6.76. The zero-order valence-corrected chi connectivity index (χ0v) is 10.8. The van der Waals surface area contributed by atoms with Gasteiger partial charge >= 0.3 is 0 Å². The van der Waals surface area contributed by atoms with Gasteiger partial charge in [0, 0.05) is 13.7 Å². The fraction of sp³-hybridized carbons (Fsp3) is 0.455. The van der Waals surface area contributed by atoms with Gasteiger partial charge in [0.2, 0.25) is 10.0 Å². The number of sulfonamides is 1. The summed E-state index contributed by atoms with van der Waals surface area (Å²) in [6.07, 6.45) is 0. The largest absolute Gasteiger partial charge is 0.383 e. The Morgan fingerprint density at radius 1 is 1.47 bits per heavy atom. The smallest absolute Gasteiger partial charge is 0.240 e. The van der Waals surface area contributed by atoms with Crippen molar-refractivity contribution in [2.24, 2.45) is 5.73 Å². The summed E-state index contributed by atoms with van der Waals surface area (Å²) >= 11 is 0. The Morgan fingerprint density at radius 2 is 2.18 bits per heavy atom. The molecule has 0 spiro atoms. The lowest BCUT2D eigenvalue weighted by atomic mass is 10.2. The molecule has 0 radical (unpaired) electrons. The van der Waals surface area contributed by atoms with Crippen LogP contribution in [0, 0.1) is 6.92 Å². The van der Waals surface area contributed by atoms with E-state index in [0.29, 0.717) is 0 Å². The predicted octanol–water partition coefficient (Wildman–Crippen LogP) is 0.247. The van der Waals surface area contributed by atoms with E-state index in [1.807, 2.05) is 13.0 Å². The molecule has 96 valence electrons. The van der Waals surface area contributed by atoms with Crippen LogP contribution in [0.2, 0.25) is 0 Å². The summed E-state index contributed by atoms with van der Waals surface area (Å²) in [5, 5.41) is 0. The zero-order valence-electron chi connectivity index (χ0n) is 10.0. The topological polar surface area (TPSA) is 81.4 Å². The average Bonchev–Trinajstić information content (AvgIpc) is 2.28. The summed E-state index contributed by atoms with van der Waals surface area (Å²) in [7, 11) is -2.02. The van der Waals surface area contributed by atoms with E-state index in [1.165, 1.54) is 7.11 Å². The Balaban J connectivity index is 2.88. The van der Waals surface area contributed by atoms with Crippen LogP contribution in [0.4, 0.5) is 0 Å². The number of hydrogen-bond donors (Lipinski definition) is 2. The van der Waals surface area contributed by atoms with Gasteiger partial charge in [0.25, 0.3) is 0 Å². The molecule has 0 aliphatic heterocycles. The second-order valence-electron chi connectivity index (χ2n) is 3.83. The van der Waals surface area contributed by atoms with Crippen molar-refractivity contribution >= 4 is 10.0 Å². The summed E-state index contributed by atoms with van der Waals surface area (Å²) in [4.78, 5) is 0.243. The van der Waals surface area contributed by atoms with Crippen LogP contribution in [-0.2, 0) is 14.8 Å². The van der Waals surface area contributed by atoms with Gasteiger partial charge in [-0.1, -0.05) is 12.1 Å². The first kappa shape index (κ1) is 14.1. The van der Waals surface area contributed by atoms with Crippen LogP contribution in [-0.4, -0.2) is 34.7 Å². The van der Waals surface area contributed by atoms with Crippen molar-refractivity contribution in [3.05, 3.63) is 29.8 Å². The fourth-order valence-corrected chi connectivity index (χ4v) is 2.76. The number of nitrogens with two attached hydrogens (primary N) is 1. The normalized spacial score (nSPS) is 13.6. The molecule has 1 aromatic carbocycles. The number of aryl methyl sites for hydroxylation is 1. The van der Waals surface area contributed by atoms with Crippen LogP contribution >= 0.6 is 0 Å². The minimum absolute atomic E-state index is 0.193. The monoisotopic (exact) mass is 258 g/mol. The van der Waals surface area contributed by atoms with Crippen LogP contribution in [0.15, 0.2) is 29.2 Å². The third kappa shape index (κ3) is 4.08. The van der Waals surface area contributed by atoms with E-state index in [2.05, 4.69) is 4.72 Å². The SMILES string of the molecule is COCC(CN)NS(=O)(=O)c1cccc(C)c1. The third-order valence-electron chi connectivity index (χ3n) is 2.27. The van der Waals surface area contributed by atoms with Gasteiger partial charge in [-0.05, 0) is 24.6 Å².